The van der Waals surface area contributed by atoms with Crippen molar-refractivity contribution in [1.29, 1.82) is 0 Å². The third kappa shape index (κ3) is 2.72. The lowest BCUT2D eigenvalue weighted by Gasteiger charge is -2.10. The van der Waals surface area contributed by atoms with E-state index in [0.29, 0.717) is 5.69 Å². The lowest BCUT2D eigenvalue weighted by atomic mass is 10.2. The summed E-state index contributed by atoms with van der Waals surface area (Å²) in [6, 6.07) is 3.22. The second kappa shape index (κ2) is 4.68. The first-order chi connectivity index (χ1) is 8.06. The van der Waals surface area contributed by atoms with Gasteiger partial charge in [0.15, 0.2) is 0 Å². The van der Waals surface area contributed by atoms with Gasteiger partial charge in [-0.25, -0.2) is 9.82 Å². The summed E-state index contributed by atoms with van der Waals surface area (Å²) in [5, 5.41) is 2.45. The molecule has 7 heteroatoms. The van der Waals surface area contributed by atoms with E-state index >= 15 is 0 Å². The van der Waals surface area contributed by atoms with E-state index in [-0.39, 0.29) is 23.3 Å². The van der Waals surface area contributed by atoms with Crippen LogP contribution in [-0.2, 0) is 9.59 Å². The first kappa shape index (κ1) is 11.8. The zero-order valence-electron chi connectivity index (χ0n) is 8.59. The minimum absolute atomic E-state index is 0.0702. The summed E-state index contributed by atoms with van der Waals surface area (Å²) >= 11 is 5.57. The molecule has 2 amide bonds. The number of carbonyl (C=O) groups excluding carboxylic acids is 2. The highest BCUT2D eigenvalue weighted by Crippen LogP contribution is 2.19. The minimum Gasteiger partial charge on any atom is -0.325 e. The Morgan fingerprint density at radius 1 is 1.53 bits per heavy atom. The van der Waals surface area contributed by atoms with E-state index in [2.05, 4.69) is 16.2 Å². The molecule has 2 rings (SSSR count). The molecule has 1 fully saturated rings. The predicted octanol–water partition coefficient (Wildman–Crippen LogP) is 0.811. The molecule has 1 aromatic carbocycles. The Bertz CT molecular complexity index is 481. The van der Waals surface area contributed by atoms with Crippen molar-refractivity contribution in [2.45, 2.75) is 12.5 Å². The standard InChI is InChI=1S/C10H9ClFN3O2/c11-6-3-5(1-2-7(6)12)13-10(17)8-4-9(16)15-14-8/h1-3,8,14H,4H2,(H,13,17)(H,15,16). The summed E-state index contributed by atoms with van der Waals surface area (Å²) in [4.78, 5) is 22.5. The van der Waals surface area contributed by atoms with Crippen LogP contribution in [-0.4, -0.2) is 17.9 Å². The van der Waals surface area contributed by atoms with Crippen LogP contribution in [0.3, 0.4) is 0 Å². The number of halogens is 2. The average Bonchev–Trinajstić information content (AvgIpc) is 2.70. The largest absolute Gasteiger partial charge is 0.325 e. The van der Waals surface area contributed by atoms with Crippen molar-refractivity contribution in [2.24, 2.45) is 0 Å². The second-order valence-corrected chi connectivity index (χ2v) is 3.97. The molecule has 1 aromatic rings. The van der Waals surface area contributed by atoms with Crippen LogP contribution in [0.25, 0.3) is 0 Å². The van der Waals surface area contributed by atoms with E-state index in [9.17, 15) is 14.0 Å². The molecule has 5 nitrogen and oxygen atoms in total. The van der Waals surface area contributed by atoms with Crippen molar-refractivity contribution >= 4 is 29.1 Å². The molecule has 0 aliphatic carbocycles. The molecule has 1 atom stereocenters. The van der Waals surface area contributed by atoms with Crippen LogP contribution < -0.4 is 16.2 Å². The predicted molar refractivity (Wildman–Crippen MR) is 59.7 cm³/mol. The van der Waals surface area contributed by atoms with Gasteiger partial charge in [-0.3, -0.25) is 15.0 Å². The van der Waals surface area contributed by atoms with Crippen LogP contribution in [0.15, 0.2) is 18.2 Å². The Balaban J connectivity index is 2.03. The second-order valence-electron chi connectivity index (χ2n) is 3.57. The first-order valence-corrected chi connectivity index (χ1v) is 5.24. The quantitative estimate of drug-likeness (QED) is 0.734. The van der Waals surface area contributed by atoms with Gasteiger partial charge in [0, 0.05) is 5.69 Å². The van der Waals surface area contributed by atoms with E-state index in [4.69, 9.17) is 11.6 Å². The van der Waals surface area contributed by atoms with Crippen LogP contribution >= 0.6 is 11.6 Å². The zero-order valence-corrected chi connectivity index (χ0v) is 9.34. The molecule has 0 bridgehead atoms. The van der Waals surface area contributed by atoms with Gasteiger partial charge in [-0.15, -0.1) is 0 Å². The highest BCUT2D eigenvalue weighted by atomic mass is 35.5. The molecule has 0 aromatic heterocycles. The van der Waals surface area contributed by atoms with Gasteiger partial charge in [-0.05, 0) is 18.2 Å². The normalized spacial score (nSPS) is 18.9. The smallest absolute Gasteiger partial charge is 0.243 e. The fraction of sp³-hybridized carbons (Fsp3) is 0.200. The van der Waals surface area contributed by atoms with Gasteiger partial charge in [0.05, 0.1) is 11.4 Å². The molecule has 0 spiro atoms. The van der Waals surface area contributed by atoms with E-state index in [1.54, 1.807) is 0 Å². The van der Waals surface area contributed by atoms with Crippen LogP contribution in [0, 0.1) is 5.82 Å². The maximum atomic E-state index is 12.9. The number of amides is 2. The number of nitrogens with one attached hydrogen (secondary N) is 3. The molecule has 1 heterocycles. The van der Waals surface area contributed by atoms with Crippen LogP contribution in [0.5, 0.6) is 0 Å². The number of carbonyl (C=O) groups is 2. The third-order valence-corrected chi connectivity index (χ3v) is 2.57. The van der Waals surface area contributed by atoms with E-state index in [1.807, 2.05) is 0 Å². The van der Waals surface area contributed by atoms with Gasteiger partial charge in [0.1, 0.15) is 11.9 Å². The fourth-order valence-corrected chi connectivity index (χ4v) is 1.60. The molecule has 1 aliphatic heterocycles. The number of anilines is 1. The van der Waals surface area contributed by atoms with E-state index < -0.39 is 11.9 Å². The Kier molecular flexibility index (Phi) is 3.26. The van der Waals surface area contributed by atoms with E-state index in [0.717, 1.165) is 6.07 Å². The maximum Gasteiger partial charge on any atom is 0.243 e. The lowest BCUT2D eigenvalue weighted by Crippen LogP contribution is -2.39. The zero-order chi connectivity index (χ0) is 12.4. The summed E-state index contributed by atoms with van der Waals surface area (Å²) in [5.74, 6) is -1.19. The summed E-state index contributed by atoms with van der Waals surface area (Å²) in [7, 11) is 0. The Labute approximate surface area is 101 Å². The van der Waals surface area contributed by atoms with Gasteiger partial charge >= 0.3 is 0 Å². The molecule has 0 radical (unpaired) electrons. The van der Waals surface area contributed by atoms with Crippen molar-refractivity contribution in [3.63, 3.8) is 0 Å². The molecule has 0 saturated carbocycles. The molecule has 17 heavy (non-hydrogen) atoms. The van der Waals surface area contributed by atoms with Gasteiger partial charge in [-0.2, -0.15) is 0 Å². The third-order valence-electron chi connectivity index (χ3n) is 2.28. The van der Waals surface area contributed by atoms with Crippen molar-refractivity contribution in [3.8, 4) is 0 Å². The van der Waals surface area contributed by atoms with Crippen molar-refractivity contribution < 1.29 is 14.0 Å². The number of hydrogen-bond acceptors (Lipinski definition) is 3. The lowest BCUT2D eigenvalue weighted by molar-refractivity contribution is -0.121. The average molecular weight is 258 g/mol. The topological polar surface area (TPSA) is 70.2 Å². The highest BCUT2D eigenvalue weighted by Gasteiger charge is 2.27. The molecule has 1 aliphatic rings. The van der Waals surface area contributed by atoms with Gasteiger partial charge in [0.25, 0.3) is 0 Å². The molecular formula is C10H9ClFN3O2. The maximum absolute atomic E-state index is 12.9. The Morgan fingerprint density at radius 3 is 2.88 bits per heavy atom. The monoisotopic (exact) mass is 257 g/mol. The number of rotatable bonds is 2. The van der Waals surface area contributed by atoms with Gasteiger partial charge in [0.2, 0.25) is 11.8 Å². The summed E-state index contributed by atoms with van der Waals surface area (Å²) < 4.78 is 12.9. The van der Waals surface area contributed by atoms with Crippen LogP contribution in [0.2, 0.25) is 5.02 Å². The van der Waals surface area contributed by atoms with Crippen LogP contribution in [0.1, 0.15) is 6.42 Å². The van der Waals surface area contributed by atoms with E-state index in [1.165, 1.54) is 12.1 Å². The number of hydrazine groups is 1. The summed E-state index contributed by atoms with van der Waals surface area (Å²) in [6.07, 6.45) is 0.0702. The Morgan fingerprint density at radius 2 is 2.29 bits per heavy atom. The minimum atomic E-state index is -0.633. The highest BCUT2D eigenvalue weighted by molar-refractivity contribution is 6.31. The fourth-order valence-electron chi connectivity index (χ4n) is 1.42. The van der Waals surface area contributed by atoms with Gasteiger partial charge in [-0.1, -0.05) is 11.6 Å². The molecule has 3 N–H and O–H groups in total. The van der Waals surface area contributed by atoms with Gasteiger partial charge < -0.3 is 5.32 Å². The summed E-state index contributed by atoms with van der Waals surface area (Å²) in [6.45, 7) is 0. The molecule has 1 unspecified atom stereocenters. The van der Waals surface area contributed by atoms with Crippen molar-refractivity contribution in [1.82, 2.24) is 10.9 Å². The number of benzene rings is 1. The molecule has 90 valence electrons. The Hall–Kier alpha value is -1.66. The summed E-state index contributed by atoms with van der Waals surface area (Å²) in [5.41, 5.74) is 5.23. The molecular weight excluding hydrogens is 249 g/mol. The van der Waals surface area contributed by atoms with Crippen molar-refractivity contribution in [2.75, 3.05) is 5.32 Å². The molecule has 1 saturated heterocycles. The first-order valence-electron chi connectivity index (χ1n) is 4.86. The van der Waals surface area contributed by atoms with Crippen molar-refractivity contribution in [3.05, 3.63) is 29.0 Å². The SMILES string of the molecule is O=C1CC(C(=O)Nc2ccc(F)c(Cl)c2)NN1. The van der Waals surface area contributed by atoms with Crippen LogP contribution in [0.4, 0.5) is 10.1 Å². The number of hydrogen-bond donors (Lipinski definition) is 3.